The minimum Gasteiger partial charge on any atom is -0.388 e. The molecule has 4 nitrogen and oxygen atoms in total. The third-order valence-electron chi connectivity index (χ3n) is 4.09. The lowest BCUT2D eigenvalue weighted by Gasteiger charge is -2.29. The van der Waals surface area contributed by atoms with Gasteiger partial charge in [-0.2, -0.15) is 0 Å². The highest BCUT2D eigenvalue weighted by molar-refractivity contribution is 7.91. The molecule has 0 aliphatic heterocycles. The van der Waals surface area contributed by atoms with Gasteiger partial charge in [0.1, 0.15) is 0 Å². The summed E-state index contributed by atoms with van der Waals surface area (Å²) < 4.78 is 24.7. The van der Waals surface area contributed by atoms with Crippen molar-refractivity contribution in [1.82, 2.24) is 10.6 Å². The lowest BCUT2D eigenvalue weighted by Crippen LogP contribution is -2.40. The van der Waals surface area contributed by atoms with E-state index >= 15 is 0 Å². The van der Waals surface area contributed by atoms with Crippen molar-refractivity contribution in [3.05, 3.63) is 65.9 Å². The second-order valence-corrected chi connectivity index (χ2v) is 7.77. The van der Waals surface area contributed by atoms with Gasteiger partial charge in [0.25, 0.3) is 0 Å². The molecule has 0 saturated carbocycles. The van der Waals surface area contributed by atoms with E-state index in [1.807, 2.05) is 51.4 Å². The van der Waals surface area contributed by atoms with Crippen molar-refractivity contribution in [3.63, 3.8) is 0 Å². The maximum atomic E-state index is 12.4. The molecular weight excluding hydrogens is 308 g/mol. The average Bonchev–Trinajstić information content (AvgIpc) is 2.55. The van der Waals surface area contributed by atoms with Crippen LogP contribution in [0, 0.1) is 6.92 Å². The fourth-order valence-electron chi connectivity index (χ4n) is 2.46. The van der Waals surface area contributed by atoms with Crippen molar-refractivity contribution in [2.24, 2.45) is 0 Å². The molecule has 1 aromatic rings. The van der Waals surface area contributed by atoms with Crippen LogP contribution in [-0.4, -0.2) is 33.8 Å². The fraction of sp³-hybridized carbons (Fsp3) is 0.333. The Morgan fingerprint density at radius 2 is 1.91 bits per heavy atom. The van der Waals surface area contributed by atoms with Crippen LogP contribution in [0.4, 0.5) is 0 Å². The molecule has 1 aliphatic carbocycles. The number of nitrogens with one attached hydrogen (secondary N) is 2. The highest BCUT2D eigenvalue weighted by Crippen LogP contribution is 2.22. The molecule has 5 heteroatoms. The second kappa shape index (κ2) is 7.15. The van der Waals surface area contributed by atoms with Gasteiger partial charge in [-0.3, -0.25) is 0 Å². The molecule has 1 unspecified atom stereocenters. The van der Waals surface area contributed by atoms with E-state index < -0.39 is 9.84 Å². The fourth-order valence-corrected chi connectivity index (χ4v) is 3.55. The zero-order chi connectivity index (χ0) is 16.9. The van der Waals surface area contributed by atoms with E-state index in [2.05, 4.69) is 16.7 Å². The molecule has 0 heterocycles. The summed E-state index contributed by atoms with van der Waals surface area (Å²) in [4.78, 5) is 0.364. The molecule has 0 aromatic heterocycles. The molecule has 0 saturated heterocycles. The van der Waals surface area contributed by atoms with Crippen LogP contribution in [0.2, 0.25) is 0 Å². The van der Waals surface area contributed by atoms with E-state index in [9.17, 15) is 8.42 Å². The lowest BCUT2D eigenvalue weighted by atomic mass is 9.90. The zero-order valence-electron chi connectivity index (χ0n) is 13.8. The highest BCUT2D eigenvalue weighted by atomic mass is 32.2. The molecule has 0 amide bonds. The molecule has 0 radical (unpaired) electrons. The third kappa shape index (κ3) is 4.33. The van der Waals surface area contributed by atoms with Crippen LogP contribution in [0.5, 0.6) is 0 Å². The number of hydrogen-bond acceptors (Lipinski definition) is 4. The van der Waals surface area contributed by atoms with Crippen molar-refractivity contribution in [1.29, 1.82) is 0 Å². The van der Waals surface area contributed by atoms with E-state index in [4.69, 9.17) is 0 Å². The summed E-state index contributed by atoms with van der Waals surface area (Å²) in [5, 5.41) is 6.35. The van der Waals surface area contributed by atoms with Crippen LogP contribution in [0.3, 0.4) is 0 Å². The molecule has 2 N–H and O–H groups in total. The summed E-state index contributed by atoms with van der Waals surface area (Å²) in [5.74, 6) is -0.00404. The Morgan fingerprint density at radius 3 is 2.43 bits per heavy atom. The third-order valence-corrected chi connectivity index (χ3v) is 5.71. The van der Waals surface area contributed by atoms with Crippen molar-refractivity contribution >= 4 is 9.84 Å². The summed E-state index contributed by atoms with van der Waals surface area (Å²) in [6.45, 7) is 1.94. The van der Waals surface area contributed by atoms with Crippen LogP contribution in [0.1, 0.15) is 12.0 Å². The van der Waals surface area contributed by atoms with Crippen molar-refractivity contribution in [2.45, 2.75) is 23.8 Å². The topological polar surface area (TPSA) is 58.2 Å². The average molecular weight is 332 g/mol. The standard InChI is InChI=1S/C18H24N2O2S/c1-15-5-7-17(8-6-15)23(21,22)14-4-11-18(20-3)12-9-16(19-2)10-13-18/h4-12,19-20H,13-14H2,1-3H3. The molecular formula is C18H24N2O2S. The van der Waals surface area contributed by atoms with Crippen molar-refractivity contribution in [3.8, 4) is 0 Å². The zero-order valence-corrected chi connectivity index (χ0v) is 14.7. The van der Waals surface area contributed by atoms with Crippen LogP contribution < -0.4 is 10.6 Å². The van der Waals surface area contributed by atoms with E-state index in [1.165, 1.54) is 0 Å². The molecule has 1 atom stereocenters. The monoisotopic (exact) mass is 332 g/mol. The summed E-state index contributed by atoms with van der Waals surface area (Å²) in [6.07, 6.45) is 10.6. The predicted octanol–water partition coefficient (Wildman–Crippen LogP) is 2.35. The van der Waals surface area contributed by atoms with E-state index in [1.54, 1.807) is 18.2 Å². The summed E-state index contributed by atoms with van der Waals surface area (Å²) in [6, 6.07) is 6.96. The first-order chi connectivity index (χ1) is 10.9. The second-order valence-electron chi connectivity index (χ2n) is 5.73. The van der Waals surface area contributed by atoms with Gasteiger partial charge in [0, 0.05) is 12.7 Å². The predicted molar refractivity (Wildman–Crippen MR) is 95.1 cm³/mol. The molecule has 0 spiro atoms. The Hall–Kier alpha value is -1.85. The minimum absolute atomic E-state index is 0.00404. The molecule has 0 fully saturated rings. The highest BCUT2D eigenvalue weighted by Gasteiger charge is 2.23. The number of allylic oxidation sites excluding steroid dienone is 1. The molecule has 0 bridgehead atoms. The van der Waals surface area contributed by atoms with Gasteiger partial charge in [-0.15, -0.1) is 0 Å². The quantitative estimate of drug-likeness (QED) is 0.785. The Morgan fingerprint density at radius 1 is 1.22 bits per heavy atom. The summed E-state index contributed by atoms with van der Waals surface area (Å²) in [5.41, 5.74) is 1.79. The molecule has 2 rings (SSSR count). The maximum absolute atomic E-state index is 12.4. The number of sulfone groups is 1. The van der Waals surface area contributed by atoms with Gasteiger partial charge < -0.3 is 10.6 Å². The van der Waals surface area contributed by atoms with Gasteiger partial charge in [-0.1, -0.05) is 42.0 Å². The van der Waals surface area contributed by atoms with Gasteiger partial charge in [-0.25, -0.2) is 8.42 Å². The van der Waals surface area contributed by atoms with Gasteiger partial charge in [-0.05, 0) is 38.6 Å². The Kier molecular flexibility index (Phi) is 5.44. The normalized spacial score (nSPS) is 21.4. The number of likely N-dealkylation sites (N-methyl/N-ethyl adjacent to an activating group) is 2. The first-order valence-corrected chi connectivity index (χ1v) is 9.29. The first-order valence-electron chi connectivity index (χ1n) is 7.64. The SMILES string of the molecule is CNC1=CCC(C=CCS(=O)(=O)c2ccc(C)cc2)(NC)C=C1. The van der Waals surface area contributed by atoms with Gasteiger partial charge in [0.15, 0.2) is 9.84 Å². The van der Waals surface area contributed by atoms with Crippen LogP contribution in [0.25, 0.3) is 0 Å². The van der Waals surface area contributed by atoms with Crippen LogP contribution in [0.15, 0.2) is 65.2 Å². The summed E-state index contributed by atoms with van der Waals surface area (Å²) >= 11 is 0. The van der Waals surface area contributed by atoms with Gasteiger partial charge in [0.05, 0.1) is 16.2 Å². The molecule has 1 aromatic carbocycles. The van der Waals surface area contributed by atoms with E-state index in [0.717, 1.165) is 17.7 Å². The van der Waals surface area contributed by atoms with Gasteiger partial charge >= 0.3 is 0 Å². The van der Waals surface area contributed by atoms with Crippen LogP contribution in [-0.2, 0) is 9.84 Å². The molecule has 23 heavy (non-hydrogen) atoms. The van der Waals surface area contributed by atoms with Crippen LogP contribution >= 0.6 is 0 Å². The largest absolute Gasteiger partial charge is 0.388 e. The Balaban J connectivity index is 2.09. The first kappa shape index (κ1) is 17.5. The number of aryl methyl sites for hydroxylation is 1. The number of benzene rings is 1. The number of hydrogen-bond donors (Lipinski definition) is 2. The maximum Gasteiger partial charge on any atom is 0.181 e. The van der Waals surface area contributed by atoms with Crippen molar-refractivity contribution < 1.29 is 8.42 Å². The van der Waals surface area contributed by atoms with E-state index in [0.29, 0.717) is 4.90 Å². The van der Waals surface area contributed by atoms with Crippen molar-refractivity contribution in [2.75, 3.05) is 19.8 Å². The Bertz CT molecular complexity index is 731. The number of rotatable bonds is 6. The Labute approximate surface area is 138 Å². The minimum atomic E-state index is -3.29. The molecule has 1 aliphatic rings. The van der Waals surface area contributed by atoms with Gasteiger partial charge in [0.2, 0.25) is 0 Å². The molecule has 124 valence electrons. The lowest BCUT2D eigenvalue weighted by molar-refractivity contribution is 0.533. The smallest absolute Gasteiger partial charge is 0.181 e. The van der Waals surface area contributed by atoms with E-state index in [-0.39, 0.29) is 11.3 Å². The summed E-state index contributed by atoms with van der Waals surface area (Å²) in [7, 11) is 0.463.